The molecule has 1 aromatic rings. The molecule has 0 aliphatic carbocycles. The molecule has 0 aliphatic rings. The van der Waals surface area contributed by atoms with Crippen LogP contribution in [-0.2, 0) is 6.42 Å². The van der Waals surface area contributed by atoms with Gasteiger partial charge in [-0.1, -0.05) is 12.5 Å². The van der Waals surface area contributed by atoms with Gasteiger partial charge in [0, 0.05) is 18.4 Å². The first-order valence-corrected chi connectivity index (χ1v) is 5.99. The van der Waals surface area contributed by atoms with Gasteiger partial charge >= 0.3 is 0 Å². The molecule has 1 N–H and O–H groups in total. The lowest BCUT2D eigenvalue weighted by molar-refractivity contribution is 0.503. The van der Waals surface area contributed by atoms with Gasteiger partial charge in [0.1, 0.15) is 0 Å². The molecule has 1 rings (SSSR count). The van der Waals surface area contributed by atoms with Gasteiger partial charge in [0.2, 0.25) is 0 Å². The van der Waals surface area contributed by atoms with Crippen LogP contribution in [-0.4, -0.2) is 17.6 Å². The topological polar surface area (TPSA) is 24.9 Å². The van der Waals surface area contributed by atoms with Crippen molar-refractivity contribution in [1.82, 2.24) is 10.3 Å². The average Bonchev–Trinajstić information content (AvgIpc) is 2.26. The molecular weight excluding hydrogens is 196 g/mol. The highest BCUT2D eigenvalue weighted by atomic mass is 14.9. The highest BCUT2D eigenvalue weighted by molar-refractivity contribution is 5.12. The van der Waals surface area contributed by atoms with Gasteiger partial charge in [-0.2, -0.15) is 0 Å². The zero-order chi connectivity index (χ0) is 11.8. The van der Waals surface area contributed by atoms with Crippen LogP contribution in [0.5, 0.6) is 0 Å². The van der Waals surface area contributed by atoms with Gasteiger partial charge < -0.3 is 5.32 Å². The molecule has 1 atom stereocenters. The molecule has 16 heavy (non-hydrogen) atoms. The Kier molecular flexibility index (Phi) is 5.79. The van der Waals surface area contributed by atoms with Crippen molar-refractivity contribution in [2.24, 2.45) is 0 Å². The highest BCUT2D eigenvalue weighted by Gasteiger charge is 2.08. The van der Waals surface area contributed by atoms with Crippen LogP contribution < -0.4 is 5.32 Å². The molecule has 0 spiro atoms. The first-order chi connectivity index (χ1) is 7.72. The number of rotatable bonds is 7. The number of hydrogen-bond donors (Lipinski definition) is 1. The minimum Gasteiger partial charge on any atom is -0.313 e. The second-order valence-corrected chi connectivity index (χ2v) is 4.37. The molecule has 0 radical (unpaired) electrons. The molecule has 1 aromatic heterocycles. The zero-order valence-corrected chi connectivity index (χ0v) is 10.4. The Labute approximate surface area is 98.8 Å². The first-order valence-electron chi connectivity index (χ1n) is 5.99. The van der Waals surface area contributed by atoms with Crippen molar-refractivity contribution in [3.05, 3.63) is 42.2 Å². The monoisotopic (exact) mass is 218 g/mol. The molecule has 1 heterocycles. The van der Waals surface area contributed by atoms with E-state index in [1.807, 2.05) is 12.4 Å². The normalized spacial score (nSPS) is 12.4. The van der Waals surface area contributed by atoms with E-state index in [2.05, 4.69) is 42.9 Å². The Balaban J connectivity index is 2.52. The lowest BCUT2D eigenvalue weighted by atomic mass is 10.0. The predicted molar refractivity (Wildman–Crippen MR) is 69.5 cm³/mol. The van der Waals surface area contributed by atoms with Gasteiger partial charge in [0.25, 0.3) is 0 Å². The Bertz CT molecular complexity index is 306. The van der Waals surface area contributed by atoms with Gasteiger partial charge in [-0.25, -0.2) is 0 Å². The van der Waals surface area contributed by atoms with Crippen molar-refractivity contribution in [2.45, 2.75) is 39.2 Å². The van der Waals surface area contributed by atoms with Crippen molar-refractivity contribution < 1.29 is 0 Å². The van der Waals surface area contributed by atoms with Gasteiger partial charge in [-0.15, -0.1) is 6.58 Å². The minimum atomic E-state index is 0.500. The predicted octanol–water partition coefficient (Wildman–Crippen LogP) is 2.96. The van der Waals surface area contributed by atoms with E-state index in [0.29, 0.717) is 6.04 Å². The third-order valence-corrected chi connectivity index (χ3v) is 2.51. The van der Waals surface area contributed by atoms with E-state index in [4.69, 9.17) is 0 Å². The van der Waals surface area contributed by atoms with Crippen LogP contribution >= 0.6 is 0 Å². The average molecular weight is 218 g/mol. The van der Waals surface area contributed by atoms with Crippen molar-refractivity contribution in [2.75, 3.05) is 6.54 Å². The van der Waals surface area contributed by atoms with Crippen molar-refractivity contribution in [3.63, 3.8) is 0 Å². The lowest BCUT2D eigenvalue weighted by Gasteiger charge is -2.18. The van der Waals surface area contributed by atoms with Crippen molar-refractivity contribution in [1.29, 1.82) is 0 Å². The summed E-state index contributed by atoms with van der Waals surface area (Å²) in [6.07, 6.45) is 6.97. The van der Waals surface area contributed by atoms with E-state index in [9.17, 15) is 0 Å². The highest BCUT2D eigenvalue weighted by Crippen LogP contribution is 2.09. The van der Waals surface area contributed by atoms with E-state index in [-0.39, 0.29) is 0 Å². The molecule has 0 amide bonds. The number of nitrogens with zero attached hydrogens (tertiary/aromatic N) is 1. The standard InChI is InChI=1S/C14H22N2/c1-4-7-16-14(10-12(2)3)11-13-5-8-15-9-6-13/h5-6,8-9,14,16H,2,4,7,10-11H2,1,3H3. The summed E-state index contributed by atoms with van der Waals surface area (Å²) in [4.78, 5) is 4.04. The van der Waals surface area contributed by atoms with Crippen LogP contribution in [0.3, 0.4) is 0 Å². The van der Waals surface area contributed by atoms with Crippen molar-refractivity contribution in [3.8, 4) is 0 Å². The van der Waals surface area contributed by atoms with Crippen LogP contribution in [0.15, 0.2) is 36.7 Å². The molecule has 0 fully saturated rings. The lowest BCUT2D eigenvalue weighted by Crippen LogP contribution is -2.32. The molecule has 0 aromatic carbocycles. The van der Waals surface area contributed by atoms with Gasteiger partial charge in [0.15, 0.2) is 0 Å². The second-order valence-electron chi connectivity index (χ2n) is 4.37. The molecule has 0 saturated carbocycles. The molecule has 88 valence electrons. The summed E-state index contributed by atoms with van der Waals surface area (Å²) >= 11 is 0. The molecule has 0 bridgehead atoms. The summed E-state index contributed by atoms with van der Waals surface area (Å²) in [7, 11) is 0. The van der Waals surface area contributed by atoms with Crippen molar-refractivity contribution >= 4 is 0 Å². The molecule has 1 unspecified atom stereocenters. The van der Waals surface area contributed by atoms with E-state index < -0.39 is 0 Å². The van der Waals surface area contributed by atoms with Crippen LogP contribution in [0.25, 0.3) is 0 Å². The summed E-state index contributed by atoms with van der Waals surface area (Å²) in [5, 5.41) is 3.57. The third-order valence-electron chi connectivity index (χ3n) is 2.51. The molecule has 0 saturated heterocycles. The summed E-state index contributed by atoms with van der Waals surface area (Å²) in [6, 6.07) is 4.66. The van der Waals surface area contributed by atoms with E-state index in [1.165, 1.54) is 17.6 Å². The largest absolute Gasteiger partial charge is 0.313 e. The smallest absolute Gasteiger partial charge is 0.0270 e. The summed E-state index contributed by atoms with van der Waals surface area (Å²) < 4.78 is 0. The fraction of sp³-hybridized carbons (Fsp3) is 0.500. The first kappa shape index (κ1) is 12.9. The Morgan fingerprint density at radius 2 is 2.12 bits per heavy atom. The molecule has 2 heteroatoms. The summed E-state index contributed by atoms with van der Waals surface area (Å²) in [5.41, 5.74) is 2.58. The number of hydrogen-bond acceptors (Lipinski definition) is 2. The number of nitrogens with one attached hydrogen (secondary N) is 1. The zero-order valence-electron chi connectivity index (χ0n) is 10.4. The van der Waals surface area contributed by atoms with E-state index in [0.717, 1.165) is 19.4 Å². The Hall–Kier alpha value is -1.15. The van der Waals surface area contributed by atoms with Crippen LogP contribution in [0, 0.1) is 0 Å². The summed E-state index contributed by atoms with van der Waals surface area (Å²) in [6.45, 7) is 9.35. The Morgan fingerprint density at radius 3 is 2.69 bits per heavy atom. The minimum absolute atomic E-state index is 0.500. The maximum absolute atomic E-state index is 4.04. The van der Waals surface area contributed by atoms with Gasteiger partial charge in [0.05, 0.1) is 0 Å². The molecule has 0 aliphatic heterocycles. The van der Waals surface area contributed by atoms with E-state index in [1.54, 1.807) is 0 Å². The fourth-order valence-corrected chi connectivity index (χ4v) is 1.79. The van der Waals surface area contributed by atoms with Crippen LogP contribution in [0.4, 0.5) is 0 Å². The summed E-state index contributed by atoms with van der Waals surface area (Å²) in [5.74, 6) is 0. The quantitative estimate of drug-likeness (QED) is 0.712. The SMILES string of the molecule is C=C(C)CC(Cc1ccncc1)NCCC. The van der Waals surface area contributed by atoms with E-state index >= 15 is 0 Å². The fourth-order valence-electron chi connectivity index (χ4n) is 1.79. The Morgan fingerprint density at radius 1 is 1.44 bits per heavy atom. The van der Waals surface area contributed by atoms with Crippen LogP contribution in [0.1, 0.15) is 32.3 Å². The maximum atomic E-state index is 4.04. The van der Waals surface area contributed by atoms with Gasteiger partial charge in [-0.05, 0) is 50.4 Å². The second kappa shape index (κ2) is 7.18. The molecular formula is C14H22N2. The molecule has 2 nitrogen and oxygen atoms in total. The third kappa shape index (κ3) is 5.08. The number of aromatic nitrogens is 1. The number of pyridine rings is 1. The van der Waals surface area contributed by atoms with Gasteiger partial charge in [-0.3, -0.25) is 4.98 Å². The van der Waals surface area contributed by atoms with Crippen LogP contribution in [0.2, 0.25) is 0 Å². The maximum Gasteiger partial charge on any atom is 0.0270 e.